The number of aromatic nitrogens is 4. The first kappa shape index (κ1) is 17.1. The molecular weight excluding hydrogens is 324 g/mol. The van der Waals surface area contributed by atoms with Gasteiger partial charge < -0.3 is 40.5 Å². The molecule has 0 saturated heterocycles. The second-order valence-electron chi connectivity index (χ2n) is 3.62. The van der Waals surface area contributed by atoms with Crippen LogP contribution in [0.15, 0.2) is 12.1 Å². The first-order valence-corrected chi connectivity index (χ1v) is 5.30. The van der Waals surface area contributed by atoms with Crippen molar-refractivity contribution in [3.63, 3.8) is 0 Å². The summed E-state index contributed by atoms with van der Waals surface area (Å²) in [4.78, 5) is 37.0. The van der Waals surface area contributed by atoms with Gasteiger partial charge in [-0.1, -0.05) is 0 Å². The molecule has 2 heterocycles. The second kappa shape index (κ2) is 6.65. The van der Waals surface area contributed by atoms with Crippen molar-refractivity contribution < 1.29 is 19.7 Å². The molecule has 0 amide bonds. The van der Waals surface area contributed by atoms with E-state index in [1.807, 2.05) is 5.10 Å². The van der Waals surface area contributed by atoms with E-state index in [2.05, 4.69) is 10.2 Å². The summed E-state index contributed by atoms with van der Waals surface area (Å²) in [6, 6.07) is 1.56. The number of H-pyrrole nitrogens is 1. The minimum atomic E-state index is -0.816. The zero-order chi connectivity index (χ0) is 17.7. The van der Waals surface area contributed by atoms with Gasteiger partial charge in [-0.2, -0.15) is 0 Å². The lowest BCUT2D eigenvalue weighted by atomic mass is 10.6. The lowest BCUT2D eigenvalue weighted by Gasteiger charge is -1.86. The summed E-state index contributed by atoms with van der Waals surface area (Å²) in [5.74, 6) is -1.97. The molecule has 2 aromatic heterocycles. The number of nitro groups is 4. The Balaban J connectivity index is 0.000000231. The summed E-state index contributed by atoms with van der Waals surface area (Å²) in [6.45, 7) is 0. The van der Waals surface area contributed by atoms with Crippen LogP contribution in [0.3, 0.4) is 0 Å². The lowest BCUT2D eigenvalue weighted by Crippen LogP contribution is -1.98. The molecule has 0 radical (unpaired) electrons. The molecule has 1 N–H and O–H groups in total. The van der Waals surface area contributed by atoms with E-state index >= 15 is 0 Å². The van der Waals surface area contributed by atoms with Crippen molar-refractivity contribution in [3.05, 3.63) is 52.6 Å². The van der Waals surface area contributed by atoms with Crippen LogP contribution in [0.1, 0.15) is 0 Å². The standard InChI is InChI=1S/C4H4N4O4.C3H2N4O4/c1-6-4(8(11)12)2-3(5-6)7(9)10;8-6(9)2-1-3(5-4-2)7(10)11/h2H,1H3;1H,(H,4,5). The maximum atomic E-state index is 10.2. The molecule has 0 saturated carbocycles. The highest BCUT2D eigenvalue weighted by Crippen LogP contribution is 2.16. The van der Waals surface area contributed by atoms with E-state index in [-0.39, 0.29) is 0 Å². The maximum absolute atomic E-state index is 10.2. The molecule has 0 fully saturated rings. The Morgan fingerprint density at radius 3 is 1.74 bits per heavy atom. The third kappa shape index (κ3) is 4.24. The van der Waals surface area contributed by atoms with Crippen molar-refractivity contribution in [2.45, 2.75) is 0 Å². The molecule has 122 valence electrons. The third-order valence-corrected chi connectivity index (χ3v) is 2.15. The normalized spacial score (nSPS) is 9.61. The Kier molecular flexibility index (Phi) is 4.94. The van der Waals surface area contributed by atoms with Crippen LogP contribution >= 0.6 is 0 Å². The van der Waals surface area contributed by atoms with Crippen molar-refractivity contribution in [1.82, 2.24) is 20.0 Å². The predicted molar refractivity (Wildman–Crippen MR) is 68.4 cm³/mol. The van der Waals surface area contributed by atoms with E-state index in [4.69, 9.17) is 0 Å². The third-order valence-electron chi connectivity index (χ3n) is 2.15. The first-order valence-electron chi connectivity index (χ1n) is 5.30. The van der Waals surface area contributed by atoms with E-state index in [0.717, 1.165) is 16.8 Å². The highest BCUT2D eigenvalue weighted by atomic mass is 16.6. The summed E-state index contributed by atoms with van der Waals surface area (Å²) in [7, 11) is 1.27. The van der Waals surface area contributed by atoms with E-state index in [9.17, 15) is 40.5 Å². The van der Waals surface area contributed by atoms with Gasteiger partial charge in [-0.15, -0.1) is 0 Å². The van der Waals surface area contributed by atoms with E-state index < -0.39 is 43.0 Å². The fourth-order valence-corrected chi connectivity index (χ4v) is 1.19. The van der Waals surface area contributed by atoms with Crippen LogP contribution in [0.25, 0.3) is 0 Å². The summed E-state index contributed by atoms with van der Waals surface area (Å²) in [6.07, 6.45) is 0. The molecule has 0 atom stereocenters. The van der Waals surface area contributed by atoms with Crippen molar-refractivity contribution in [3.8, 4) is 0 Å². The van der Waals surface area contributed by atoms with Gasteiger partial charge in [0.05, 0.1) is 0 Å². The molecule has 2 aromatic rings. The fourth-order valence-electron chi connectivity index (χ4n) is 1.19. The second-order valence-corrected chi connectivity index (χ2v) is 3.62. The highest BCUT2D eigenvalue weighted by Gasteiger charge is 2.24. The Hall–Kier alpha value is -3.98. The van der Waals surface area contributed by atoms with Gasteiger partial charge in [-0.3, -0.25) is 0 Å². The van der Waals surface area contributed by atoms with Crippen LogP contribution in [0.2, 0.25) is 0 Å². The monoisotopic (exact) mass is 330 g/mol. The molecule has 16 heteroatoms. The summed E-state index contributed by atoms with van der Waals surface area (Å²) >= 11 is 0. The number of rotatable bonds is 4. The molecule has 23 heavy (non-hydrogen) atoms. The zero-order valence-electron chi connectivity index (χ0n) is 11.1. The quantitative estimate of drug-likeness (QED) is 0.602. The Labute approximate surface area is 123 Å². The Morgan fingerprint density at radius 2 is 1.48 bits per heavy atom. The molecular formula is C7H6N8O8. The Morgan fingerprint density at radius 1 is 0.913 bits per heavy atom. The number of aryl methyl sites for hydroxylation is 1. The largest absolute Gasteiger partial charge is 0.420 e. The smallest absolute Gasteiger partial charge is 0.358 e. The molecule has 0 aromatic carbocycles. The minimum Gasteiger partial charge on any atom is -0.358 e. The van der Waals surface area contributed by atoms with Crippen LogP contribution in [0.4, 0.5) is 23.3 Å². The van der Waals surface area contributed by atoms with Gasteiger partial charge in [-0.05, 0) is 29.5 Å². The number of aromatic amines is 1. The van der Waals surface area contributed by atoms with Gasteiger partial charge in [0.1, 0.15) is 29.4 Å². The van der Waals surface area contributed by atoms with Gasteiger partial charge in [0.2, 0.25) is 0 Å². The lowest BCUT2D eigenvalue weighted by molar-refractivity contribution is -0.395. The molecule has 0 unspecified atom stereocenters. The number of hydrogen-bond acceptors (Lipinski definition) is 10. The van der Waals surface area contributed by atoms with E-state index in [1.165, 1.54) is 7.05 Å². The SMILES string of the molecule is Cn1nc([N+](=O)[O-])cc1[N+](=O)[O-].O=[N+]([O-])c1cc([N+](=O)[O-])[nH]n1. The summed E-state index contributed by atoms with van der Waals surface area (Å²) < 4.78 is 0.845. The van der Waals surface area contributed by atoms with Gasteiger partial charge in [-0.25, -0.2) is 0 Å². The van der Waals surface area contributed by atoms with Crippen LogP contribution in [0.5, 0.6) is 0 Å². The summed E-state index contributed by atoms with van der Waals surface area (Å²) in [5, 5.41) is 48.4. The van der Waals surface area contributed by atoms with Gasteiger partial charge in [0.15, 0.2) is 0 Å². The predicted octanol–water partition coefficient (Wildman–Crippen LogP) is 0.463. The van der Waals surface area contributed by atoms with E-state index in [0.29, 0.717) is 0 Å². The van der Waals surface area contributed by atoms with Crippen LogP contribution < -0.4 is 0 Å². The van der Waals surface area contributed by atoms with Crippen molar-refractivity contribution in [1.29, 1.82) is 0 Å². The number of hydrogen-bond donors (Lipinski definition) is 1. The van der Waals surface area contributed by atoms with E-state index in [1.54, 1.807) is 0 Å². The molecule has 0 bridgehead atoms. The molecule has 2 rings (SSSR count). The van der Waals surface area contributed by atoms with Crippen molar-refractivity contribution in [2.24, 2.45) is 7.05 Å². The van der Waals surface area contributed by atoms with Crippen LogP contribution in [0, 0.1) is 40.5 Å². The van der Waals surface area contributed by atoms with Gasteiger partial charge in [0.25, 0.3) is 0 Å². The number of nitrogens with zero attached hydrogens (tertiary/aromatic N) is 7. The van der Waals surface area contributed by atoms with Gasteiger partial charge >= 0.3 is 23.3 Å². The Bertz CT molecular complexity index is 749. The van der Waals surface area contributed by atoms with Crippen molar-refractivity contribution >= 4 is 23.3 Å². The fraction of sp³-hybridized carbons (Fsp3) is 0.143. The summed E-state index contributed by atoms with van der Waals surface area (Å²) in [5.41, 5.74) is 0. The zero-order valence-corrected chi connectivity index (χ0v) is 11.1. The molecule has 0 aliphatic carbocycles. The molecule has 0 aliphatic rings. The topological polar surface area (TPSA) is 219 Å². The average Bonchev–Trinajstić information content (AvgIpc) is 3.05. The van der Waals surface area contributed by atoms with Crippen molar-refractivity contribution in [2.75, 3.05) is 0 Å². The molecule has 0 aliphatic heterocycles. The molecule has 0 spiro atoms. The van der Waals surface area contributed by atoms with Gasteiger partial charge in [0, 0.05) is 0 Å². The first-order chi connectivity index (χ1) is 10.6. The average molecular weight is 330 g/mol. The maximum Gasteiger partial charge on any atom is 0.420 e. The van der Waals surface area contributed by atoms with Crippen LogP contribution in [-0.4, -0.2) is 39.7 Å². The number of nitrogens with one attached hydrogen (secondary N) is 1. The van der Waals surface area contributed by atoms with Crippen LogP contribution in [-0.2, 0) is 7.05 Å². The molecule has 16 nitrogen and oxygen atoms in total. The minimum absolute atomic E-state index is 0.401. The highest BCUT2D eigenvalue weighted by molar-refractivity contribution is 5.31.